The number of fused-ring (bicyclic) bond motifs is 1. The van der Waals surface area contributed by atoms with Gasteiger partial charge in [-0.15, -0.1) is 0 Å². The fraction of sp³-hybridized carbons (Fsp3) is 0. The molecule has 3 aromatic carbocycles. The van der Waals surface area contributed by atoms with Crippen molar-refractivity contribution < 1.29 is 4.79 Å². The molecular formula is C20H11Cl4N3O. The number of imidazole rings is 1. The lowest BCUT2D eigenvalue weighted by atomic mass is 10.1. The first-order valence-corrected chi connectivity index (χ1v) is 9.63. The molecule has 0 aliphatic heterocycles. The minimum Gasteiger partial charge on any atom is -0.338 e. The van der Waals surface area contributed by atoms with Crippen molar-refractivity contribution in [2.75, 3.05) is 5.32 Å². The number of anilines is 1. The van der Waals surface area contributed by atoms with E-state index in [9.17, 15) is 4.79 Å². The number of amides is 1. The monoisotopic (exact) mass is 449 g/mol. The van der Waals surface area contributed by atoms with E-state index in [1.54, 1.807) is 36.4 Å². The van der Waals surface area contributed by atoms with Gasteiger partial charge >= 0.3 is 0 Å². The van der Waals surface area contributed by atoms with Crippen LogP contribution >= 0.6 is 46.4 Å². The second kappa shape index (κ2) is 7.64. The third kappa shape index (κ3) is 3.82. The molecule has 28 heavy (non-hydrogen) atoms. The Balaban J connectivity index is 1.55. The summed E-state index contributed by atoms with van der Waals surface area (Å²) in [4.78, 5) is 20.1. The van der Waals surface area contributed by atoms with Gasteiger partial charge in [-0.1, -0.05) is 46.4 Å². The van der Waals surface area contributed by atoms with E-state index in [0.29, 0.717) is 37.2 Å². The van der Waals surface area contributed by atoms with E-state index in [1.165, 1.54) is 6.07 Å². The normalized spacial score (nSPS) is 11.0. The van der Waals surface area contributed by atoms with Gasteiger partial charge in [0.1, 0.15) is 5.82 Å². The predicted octanol–water partition coefficient (Wildman–Crippen LogP) is 7.10. The maximum absolute atomic E-state index is 12.4. The van der Waals surface area contributed by atoms with Crippen LogP contribution in [0.15, 0.2) is 54.6 Å². The summed E-state index contributed by atoms with van der Waals surface area (Å²) in [6.45, 7) is 0. The van der Waals surface area contributed by atoms with Crippen molar-refractivity contribution in [2.45, 2.75) is 0 Å². The highest BCUT2D eigenvalue weighted by atomic mass is 35.5. The van der Waals surface area contributed by atoms with Crippen molar-refractivity contribution in [3.05, 3.63) is 80.3 Å². The number of hydrogen-bond acceptors (Lipinski definition) is 2. The fourth-order valence-electron chi connectivity index (χ4n) is 2.69. The second-order valence-corrected chi connectivity index (χ2v) is 7.66. The molecule has 0 spiro atoms. The molecule has 8 heteroatoms. The lowest BCUT2D eigenvalue weighted by Crippen LogP contribution is -2.11. The molecule has 1 heterocycles. The molecule has 4 aromatic rings. The van der Waals surface area contributed by atoms with Gasteiger partial charge in [-0.3, -0.25) is 4.79 Å². The molecule has 1 aromatic heterocycles. The van der Waals surface area contributed by atoms with Gasteiger partial charge in [-0.2, -0.15) is 0 Å². The minimum atomic E-state index is -0.278. The molecule has 0 atom stereocenters. The zero-order chi connectivity index (χ0) is 19.8. The van der Waals surface area contributed by atoms with Gasteiger partial charge in [0.2, 0.25) is 0 Å². The van der Waals surface area contributed by atoms with Crippen LogP contribution in [0.5, 0.6) is 0 Å². The van der Waals surface area contributed by atoms with Gasteiger partial charge in [0.15, 0.2) is 0 Å². The van der Waals surface area contributed by atoms with E-state index in [-0.39, 0.29) is 5.91 Å². The summed E-state index contributed by atoms with van der Waals surface area (Å²) in [6, 6.07) is 15.5. The Hall–Kier alpha value is -2.24. The number of aromatic amines is 1. The van der Waals surface area contributed by atoms with E-state index in [0.717, 1.165) is 16.6 Å². The van der Waals surface area contributed by atoms with Crippen LogP contribution in [0, 0.1) is 0 Å². The van der Waals surface area contributed by atoms with E-state index >= 15 is 0 Å². The summed E-state index contributed by atoms with van der Waals surface area (Å²) >= 11 is 23.9. The molecule has 140 valence electrons. The molecule has 4 nitrogen and oxygen atoms in total. The van der Waals surface area contributed by atoms with Crippen LogP contribution in [0.2, 0.25) is 20.1 Å². The smallest absolute Gasteiger partial charge is 0.255 e. The number of aromatic nitrogens is 2. The molecular weight excluding hydrogens is 440 g/mol. The number of rotatable bonds is 3. The number of benzene rings is 3. The van der Waals surface area contributed by atoms with Gasteiger partial charge in [0.25, 0.3) is 5.91 Å². The Morgan fingerprint density at radius 3 is 2.21 bits per heavy atom. The molecule has 0 radical (unpaired) electrons. The number of nitrogens with one attached hydrogen (secondary N) is 2. The van der Waals surface area contributed by atoms with Crippen molar-refractivity contribution in [3.63, 3.8) is 0 Å². The Kier molecular flexibility index (Phi) is 5.21. The summed E-state index contributed by atoms with van der Waals surface area (Å²) in [5.74, 6) is 0.398. The molecule has 0 bridgehead atoms. The number of hydrogen-bond donors (Lipinski definition) is 2. The first kappa shape index (κ1) is 19.1. The molecule has 0 fully saturated rings. The third-order valence-corrected chi connectivity index (χ3v) is 5.58. The van der Waals surface area contributed by atoms with Gasteiger partial charge in [0, 0.05) is 16.8 Å². The maximum atomic E-state index is 12.4. The summed E-state index contributed by atoms with van der Waals surface area (Å²) in [6.07, 6.45) is 0. The quantitative estimate of drug-likeness (QED) is 0.349. The Morgan fingerprint density at radius 2 is 1.50 bits per heavy atom. The van der Waals surface area contributed by atoms with E-state index in [2.05, 4.69) is 15.3 Å². The van der Waals surface area contributed by atoms with E-state index in [1.807, 2.05) is 12.1 Å². The number of halogens is 4. The van der Waals surface area contributed by atoms with Crippen molar-refractivity contribution in [3.8, 4) is 11.4 Å². The van der Waals surface area contributed by atoms with Gasteiger partial charge in [-0.05, 0) is 54.6 Å². The largest absolute Gasteiger partial charge is 0.338 e. The van der Waals surface area contributed by atoms with Crippen LogP contribution in [-0.2, 0) is 0 Å². The maximum Gasteiger partial charge on any atom is 0.255 e. The van der Waals surface area contributed by atoms with Crippen LogP contribution in [-0.4, -0.2) is 15.9 Å². The van der Waals surface area contributed by atoms with E-state index in [4.69, 9.17) is 46.4 Å². The van der Waals surface area contributed by atoms with Crippen molar-refractivity contribution in [1.82, 2.24) is 9.97 Å². The molecule has 0 saturated carbocycles. The summed E-state index contributed by atoms with van der Waals surface area (Å²) in [7, 11) is 0. The first-order chi connectivity index (χ1) is 13.4. The summed E-state index contributed by atoms with van der Waals surface area (Å²) in [5, 5.41) is 4.46. The fourth-order valence-corrected chi connectivity index (χ4v) is 3.31. The molecule has 0 unspecified atom stereocenters. The Bertz CT molecular complexity index is 1160. The van der Waals surface area contributed by atoms with Gasteiger partial charge in [-0.25, -0.2) is 4.98 Å². The average molecular weight is 451 g/mol. The number of carbonyl (C=O) groups is 1. The van der Waals surface area contributed by atoms with Gasteiger partial charge < -0.3 is 10.3 Å². The van der Waals surface area contributed by atoms with Crippen molar-refractivity contribution in [2.24, 2.45) is 0 Å². The van der Waals surface area contributed by atoms with Crippen molar-refractivity contribution >= 4 is 69.0 Å². The van der Waals surface area contributed by atoms with Crippen molar-refractivity contribution in [1.29, 1.82) is 0 Å². The van der Waals surface area contributed by atoms with Crippen LogP contribution in [0.4, 0.5) is 5.69 Å². The minimum absolute atomic E-state index is 0.278. The standard InChI is InChI=1S/C20H11Cl4N3O/c21-13-6-3-11(7-14(13)22)20(28)25-12-4-1-10(2-5-12)19-26-17-8-15(23)16(24)9-18(17)27-19/h1-9H,(H,25,28)(H,26,27). The highest BCUT2D eigenvalue weighted by molar-refractivity contribution is 6.43. The van der Waals surface area contributed by atoms with Crippen LogP contribution < -0.4 is 5.32 Å². The molecule has 4 rings (SSSR count). The van der Waals surface area contributed by atoms with Crippen LogP contribution in [0.1, 0.15) is 10.4 Å². The lowest BCUT2D eigenvalue weighted by molar-refractivity contribution is 0.102. The predicted molar refractivity (Wildman–Crippen MR) is 116 cm³/mol. The molecule has 0 aliphatic rings. The summed E-state index contributed by atoms with van der Waals surface area (Å²) < 4.78 is 0. The SMILES string of the molecule is O=C(Nc1ccc(-c2nc3cc(Cl)c(Cl)cc3[nH]2)cc1)c1ccc(Cl)c(Cl)c1. The first-order valence-electron chi connectivity index (χ1n) is 8.12. The number of carbonyl (C=O) groups excluding carboxylic acids is 1. The highest BCUT2D eigenvalue weighted by Gasteiger charge is 2.11. The van der Waals surface area contributed by atoms with E-state index < -0.39 is 0 Å². The number of nitrogens with zero attached hydrogens (tertiary/aromatic N) is 1. The highest BCUT2D eigenvalue weighted by Crippen LogP contribution is 2.29. The summed E-state index contributed by atoms with van der Waals surface area (Å²) in [5.41, 5.74) is 3.44. The molecule has 1 amide bonds. The zero-order valence-corrected chi connectivity index (χ0v) is 17.1. The Labute approximate surface area is 180 Å². The average Bonchev–Trinajstić information content (AvgIpc) is 3.07. The molecule has 2 N–H and O–H groups in total. The van der Waals surface area contributed by atoms with Crippen LogP contribution in [0.25, 0.3) is 22.4 Å². The lowest BCUT2D eigenvalue weighted by Gasteiger charge is -2.07. The molecule has 0 aliphatic carbocycles. The topological polar surface area (TPSA) is 57.8 Å². The second-order valence-electron chi connectivity index (χ2n) is 6.03. The Morgan fingerprint density at radius 1 is 0.821 bits per heavy atom. The molecule has 0 saturated heterocycles. The van der Waals surface area contributed by atoms with Crippen LogP contribution in [0.3, 0.4) is 0 Å². The third-order valence-electron chi connectivity index (χ3n) is 4.12. The zero-order valence-electron chi connectivity index (χ0n) is 14.1. The number of H-pyrrole nitrogens is 1. The van der Waals surface area contributed by atoms with Gasteiger partial charge in [0.05, 0.1) is 31.1 Å².